The summed E-state index contributed by atoms with van der Waals surface area (Å²) in [5.41, 5.74) is 6.99. The third-order valence-electron chi connectivity index (χ3n) is 6.57. The van der Waals surface area contributed by atoms with Gasteiger partial charge in [0, 0.05) is 18.4 Å². The Hall–Kier alpha value is -2.68. The van der Waals surface area contributed by atoms with E-state index in [-0.39, 0.29) is 6.10 Å². The third-order valence-corrected chi connectivity index (χ3v) is 6.57. The van der Waals surface area contributed by atoms with Crippen LogP contribution in [-0.2, 0) is 4.74 Å². The number of hydrogen-bond donors (Lipinski definition) is 2. The Morgan fingerprint density at radius 1 is 0.889 bits per heavy atom. The summed E-state index contributed by atoms with van der Waals surface area (Å²) in [4.78, 5) is 0. The van der Waals surface area contributed by atoms with Gasteiger partial charge in [-0.2, -0.15) is 0 Å². The van der Waals surface area contributed by atoms with Crippen LogP contribution in [0.2, 0.25) is 0 Å². The summed E-state index contributed by atoms with van der Waals surface area (Å²) >= 11 is 0. The summed E-state index contributed by atoms with van der Waals surface area (Å²) in [5.74, 6) is 1.97. The SMILES string of the molecule is C1=CC2OC3=C(CC(C4C=CC5=C(N4)C4=C(C=CCN4)CC5)C=C3)C2C=C1. The average molecular weight is 356 g/mol. The molecule has 3 aliphatic heterocycles. The number of allylic oxidation sites excluding steroid dienone is 7. The molecule has 0 amide bonds. The fraction of sp³-hybridized carbons (Fsp3) is 0.333. The Morgan fingerprint density at radius 3 is 2.74 bits per heavy atom. The first-order chi connectivity index (χ1) is 13.4. The highest BCUT2D eigenvalue weighted by Crippen LogP contribution is 2.43. The minimum Gasteiger partial charge on any atom is -0.485 e. The van der Waals surface area contributed by atoms with Gasteiger partial charge in [-0.25, -0.2) is 0 Å². The normalized spacial score (nSPS) is 35.3. The highest BCUT2D eigenvalue weighted by atomic mass is 16.5. The van der Waals surface area contributed by atoms with Crippen LogP contribution in [0.5, 0.6) is 0 Å². The summed E-state index contributed by atoms with van der Waals surface area (Å²) in [5, 5.41) is 7.46. The van der Waals surface area contributed by atoms with Gasteiger partial charge in [0.05, 0.1) is 17.4 Å². The van der Waals surface area contributed by atoms with Gasteiger partial charge in [-0.3, -0.25) is 0 Å². The number of nitrogens with one attached hydrogen (secondary N) is 2. The molecule has 6 aliphatic rings. The van der Waals surface area contributed by atoms with E-state index in [2.05, 4.69) is 71.4 Å². The molecule has 0 aromatic carbocycles. The van der Waals surface area contributed by atoms with Crippen LogP contribution in [0.15, 0.2) is 94.6 Å². The van der Waals surface area contributed by atoms with Crippen molar-refractivity contribution >= 4 is 0 Å². The van der Waals surface area contributed by atoms with E-state index < -0.39 is 0 Å². The Kier molecular flexibility index (Phi) is 3.37. The van der Waals surface area contributed by atoms with Crippen LogP contribution < -0.4 is 10.6 Å². The lowest BCUT2D eigenvalue weighted by Gasteiger charge is -2.36. The van der Waals surface area contributed by atoms with Crippen LogP contribution in [-0.4, -0.2) is 18.7 Å². The van der Waals surface area contributed by atoms with E-state index >= 15 is 0 Å². The molecule has 2 N–H and O–H groups in total. The molecule has 27 heavy (non-hydrogen) atoms. The van der Waals surface area contributed by atoms with Gasteiger partial charge >= 0.3 is 0 Å². The largest absolute Gasteiger partial charge is 0.485 e. The summed E-state index contributed by atoms with van der Waals surface area (Å²) < 4.78 is 6.14. The zero-order valence-electron chi connectivity index (χ0n) is 15.3. The van der Waals surface area contributed by atoms with Gasteiger partial charge in [0.25, 0.3) is 0 Å². The molecule has 0 radical (unpaired) electrons. The van der Waals surface area contributed by atoms with Gasteiger partial charge in [-0.05, 0) is 48.1 Å². The molecule has 0 spiro atoms. The fourth-order valence-corrected chi connectivity index (χ4v) is 5.15. The van der Waals surface area contributed by atoms with E-state index in [1.54, 1.807) is 0 Å². The Morgan fingerprint density at radius 2 is 1.78 bits per heavy atom. The molecule has 3 heteroatoms. The molecule has 3 heterocycles. The topological polar surface area (TPSA) is 33.3 Å². The lowest BCUT2D eigenvalue weighted by Crippen LogP contribution is -2.40. The van der Waals surface area contributed by atoms with Gasteiger partial charge in [0.2, 0.25) is 0 Å². The first kappa shape index (κ1) is 15.4. The smallest absolute Gasteiger partial charge is 0.127 e. The van der Waals surface area contributed by atoms with Crippen molar-refractivity contribution in [2.75, 3.05) is 6.54 Å². The second kappa shape index (κ2) is 5.91. The molecule has 0 fully saturated rings. The molecule has 0 aromatic heterocycles. The van der Waals surface area contributed by atoms with E-state index in [0.29, 0.717) is 17.9 Å². The monoisotopic (exact) mass is 356 g/mol. The predicted molar refractivity (Wildman–Crippen MR) is 107 cm³/mol. The molecule has 4 unspecified atom stereocenters. The zero-order chi connectivity index (χ0) is 17.8. The quantitative estimate of drug-likeness (QED) is 0.746. The highest BCUT2D eigenvalue weighted by Gasteiger charge is 2.38. The minimum absolute atomic E-state index is 0.192. The minimum atomic E-state index is 0.192. The van der Waals surface area contributed by atoms with Gasteiger partial charge in [-0.1, -0.05) is 48.6 Å². The summed E-state index contributed by atoms with van der Waals surface area (Å²) in [6, 6.07) is 0.329. The Labute approximate surface area is 160 Å². The van der Waals surface area contributed by atoms with Gasteiger partial charge in [-0.15, -0.1) is 0 Å². The summed E-state index contributed by atoms with van der Waals surface area (Å²) in [6.45, 7) is 0.922. The van der Waals surface area contributed by atoms with E-state index in [4.69, 9.17) is 4.74 Å². The molecular formula is C24H24N2O. The van der Waals surface area contributed by atoms with Crippen LogP contribution in [0.4, 0.5) is 0 Å². The molecule has 6 rings (SSSR count). The van der Waals surface area contributed by atoms with Crippen LogP contribution >= 0.6 is 0 Å². The van der Waals surface area contributed by atoms with Crippen molar-refractivity contribution in [3.05, 3.63) is 94.6 Å². The summed E-state index contributed by atoms with van der Waals surface area (Å²) in [7, 11) is 0. The second-order valence-electron chi connectivity index (χ2n) is 8.11. The highest BCUT2D eigenvalue weighted by molar-refractivity contribution is 5.51. The number of ether oxygens (including phenoxy) is 1. The molecule has 0 saturated carbocycles. The van der Waals surface area contributed by atoms with Crippen LogP contribution in [0.1, 0.15) is 19.3 Å². The van der Waals surface area contributed by atoms with E-state index in [1.165, 1.54) is 28.1 Å². The van der Waals surface area contributed by atoms with E-state index in [1.807, 2.05) is 0 Å². The maximum Gasteiger partial charge on any atom is 0.127 e. The van der Waals surface area contributed by atoms with Crippen molar-refractivity contribution in [1.82, 2.24) is 10.6 Å². The number of dihydropyridines is 2. The van der Waals surface area contributed by atoms with Gasteiger partial charge < -0.3 is 15.4 Å². The van der Waals surface area contributed by atoms with Gasteiger partial charge in [0.1, 0.15) is 11.9 Å². The van der Waals surface area contributed by atoms with Crippen LogP contribution in [0.3, 0.4) is 0 Å². The van der Waals surface area contributed by atoms with E-state index in [0.717, 1.165) is 31.6 Å². The molecule has 4 atom stereocenters. The molecule has 0 aromatic rings. The standard InChI is InChI=1S/C24H24N2O/c1-2-6-21-18(5-1)19-14-17(10-12-22(19)27-21)20-11-9-16-8-7-15-4-3-13-25-23(15)24(16)26-20/h1-6,9-12,17-18,20-21,25-26H,7-8,13-14H2. The first-order valence-electron chi connectivity index (χ1n) is 10.1. The molecule has 136 valence electrons. The Bertz CT molecular complexity index is 937. The number of fused-ring (bicyclic) bond motifs is 3. The summed E-state index contributed by atoms with van der Waals surface area (Å²) in [6.07, 6.45) is 26.0. The van der Waals surface area contributed by atoms with E-state index in [9.17, 15) is 0 Å². The van der Waals surface area contributed by atoms with Gasteiger partial charge in [0.15, 0.2) is 0 Å². The molecule has 0 bridgehead atoms. The lowest BCUT2D eigenvalue weighted by molar-refractivity contribution is 0.173. The maximum absolute atomic E-state index is 6.14. The first-order valence-corrected chi connectivity index (χ1v) is 10.1. The van der Waals surface area contributed by atoms with Crippen molar-refractivity contribution < 1.29 is 4.74 Å². The van der Waals surface area contributed by atoms with Crippen LogP contribution in [0, 0.1) is 11.8 Å². The zero-order valence-corrected chi connectivity index (χ0v) is 15.3. The average Bonchev–Trinajstić information content (AvgIpc) is 3.11. The molecular weight excluding hydrogens is 332 g/mol. The predicted octanol–water partition coefficient (Wildman–Crippen LogP) is 3.95. The maximum atomic E-state index is 6.14. The molecule has 0 saturated heterocycles. The Balaban J connectivity index is 1.24. The second-order valence-corrected chi connectivity index (χ2v) is 8.11. The van der Waals surface area contributed by atoms with Crippen molar-refractivity contribution in [1.29, 1.82) is 0 Å². The van der Waals surface area contributed by atoms with Crippen molar-refractivity contribution in [3.8, 4) is 0 Å². The van der Waals surface area contributed by atoms with Crippen LogP contribution in [0.25, 0.3) is 0 Å². The van der Waals surface area contributed by atoms with Crippen molar-refractivity contribution in [2.45, 2.75) is 31.4 Å². The number of rotatable bonds is 1. The number of hydrogen-bond acceptors (Lipinski definition) is 3. The molecule has 3 aliphatic carbocycles. The van der Waals surface area contributed by atoms with Crippen molar-refractivity contribution in [2.24, 2.45) is 11.8 Å². The fourth-order valence-electron chi connectivity index (χ4n) is 5.15. The van der Waals surface area contributed by atoms with Crippen molar-refractivity contribution in [3.63, 3.8) is 0 Å². The third kappa shape index (κ3) is 2.41. The molecule has 3 nitrogen and oxygen atoms in total. The lowest BCUT2D eigenvalue weighted by atomic mass is 9.79.